The number of aromatic nitrogens is 3. The molecule has 0 aliphatic heterocycles. The van der Waals surface area contributed by atoms with Crippen LogP contribution in [-0.2, 0) is 17.9 Å². The summed E-state index contributed by atoms with van der Waals surface area (Å²) in [6.07, 6.45) is 3.41. The fraction of sp³-hybridized carbons (Fsp3) is 0.350. The highest BCUT2D eigenvalue weighted by molar-refractivity contribution is 6.30. The van der Waals surface area contributed by atoms with Gasteiger partial charge in [-0.1, -0.05) is 24.9 Å². The second-order valence-corrected chi connectivity index (χ2v) is 6.98. The van der Waals surface area contributed by atoms with E-state index in [-0.39, 0.29) is 23.2 Å². The normalized spacial score (nSPS) is 11.1. The largest absolute Gasteiger partial charge is 0.355 e. The molecule has 8 heteroatoms. The van der Waals surface area contributed by atoms with Crippen molar-refractivity contribution in [1.82, 2.24) is 19.4 Å². The van der Waals surface area contributed by atoms with Crippen molar-refractivity contribution in [2.45, 2.75) is 39.8 Å². The highest BCUT2D eigenvalue weighted by Gasteiger charge is 2.17. The minimum atomic E-state index is -0.447. The maximum atomic E-state index is 13.7. The number of nitrogens with one attached hydrogen (secondary N) is 1. The van der Waals surface area contributed by atoms with Gasteiger partial charge in [0.1, 0.15) is 12.4 Å². The topological polar surface area (TPSA) is 68.9 Å². The maximum Gasteiger partial charge on any atom is 0.330 e. The Hall–Kier alpha value is -2.67. The number of hydrogen-bond donors (Lipinski definition) is 1. The number of halogens is 2. The highest BCUT2D eigenvalue weighted by atomic mass is 35.5. The van der Waals surface area contributed by atoms with Crippen molar-refractivity contribution < 1.29 is 9.18 Å². The molecule has 0 atom stereocenters. The number of unbranched alkanes of at least 4 members (excludes halogenated alkanes) is 1. The Kier molecular flexibility index (Phi) is 6.14. The van der Waals surface area contributed by atoms with Crippen LogP contribution in [0.25, 0.3) is 22.3 Å². The number of nitrogens with zero attached hydrogens (tertiary/aromatic N) is 3. The summed E-state index contributed by atoms with van der Waals surface area (Å²) in [5.41, 5.74) is 1.92. The molecule has 0 bridgehead atoms. The fourth-order valence-electron chi connectivity index (χ4n) is 3.12. The molecule has 3 rings (SSSR count). The van der Waals surface area contributed by atoms with Gasteiger partial charge in [0.25, 0.3) is 0 Å². The molecule has 2 heterocycles. The first-order valence-electron chi connectivity index (χ1n) is 9.26. The van der Waals surface area contributed by atoms with Gasteiger partial charge in [0.15, 0.2) is 5.65 Å². The molecule has 0 unspecified atom stereocenters. The Labute approximate surface area is 166 Å². The summed E-state index contributed by atoms with van der Waals surface area (Å²) >= 11 is 5.95. The summed E-state index contributed by atoms with van der Waals surface area (Å²) in [7, 11) is 0. The second kappa shape index (κ2) is 8.56. The third-order valence-corrected chi connectivity index (χ3v) is 4.74. The Balaban J connectivity index is 2.02. The van der Waals surface area contributed by atoms with Gasteiger partial charge >= 0.3 is 5.69 Å². The number of carbonyl (C=O) groups is 1. The summed E-state index contributed by atoms with van der Waals surface area (Å²) < 4.78 is 16.6. The molecule has 1 aromatic carbocycles. The number of pyridine rings is 1. The van der Waals surface area contributed by atoms with Gasteiger partial charge in [-0.05, 0) is 43.2 Å². The van der Waals surface area contributed by atoms with E-state index in [0.29, 0.717) is 35.4 Å². The molecule has 28 heavy (non-hydrogen) atoms. The van der Waals surface area contributed by atoms with E-state index < -0.39 is 5.82 Å². The molecule has 1 N–H and O–H groups in total. The van der Waals surface area contributed by atoms with Crippen molar-refractivity contribution in [3.05, 3.63) is 51.8 Å². The molecule has 0 radical (unpaired) electrons. The molecule has 0 aliphatic carbocycles. The van der Waals surface area contributed by atoms with Crippen LogP contribution < -0.4 is 11.0 Å². The van der Waals surface area contributed by atoms with Crippen molar-refractivity contribution in [3.63, 3.8) is 0 Å². The van der Waals surface area contributed by atoms with Crippen LogP contribution in [0.4, 0.5) is 4.39 Å². The minimum Gasteiger partial charge on any atom is -0.355 e. The fourth-order valence-corrected chi connectivity index (χ4v) is 3.34. The predicted octanol–water partition coefficient (Wildman–Crippen LogP) is 3.59. The van der Waals surface area contributed by atoms with E-state index in [2.05, 4.69) is 10.3 Å². The third kappa shape index (κ3) is 4.09. The van der Waals surface area contributed by atoms with Crippen molar-refractivity contribution in [2.75, 3.05) is 6.54 Å². The number of aryl methyl sites for hydroxylation is 1. The van der Waals surface area contributed by atoms with Gasteiger partial charge in [0.2, 0.25) is 5.91 Å². The van der Waals surface area contributed by atoms with E-state index in [1.54, 1.807) is 22.9 Å². The van der Waals surface area contributed by atoms with Gasteiger partial charge in [0.05, 0.1) is 5.52 Å². The molecule has 6 nitrogen and oxygen atoms in total. The van der Waals surface area contributed by atoms with Crippen LogP contribution in [0.3, 0.4) is 0 Å². The van der Waals surface area contributed by atoms with Crippen molar-refractivity contribution in [3.8, 4) is 11.1 Å². The number of fused-ring (bicyclic) bond motifs is 1. The molecule has 3 aromatic rings. The Morgan fingerprint density at radius 2 is 1.96 bits per heavy atom. The lowest BCUT2D eigenvalue weighted by molar-refractivity contribution is -0.121. The van der Waals surface area contributed by atoms with Crippen LogP contribution in [0.2, 0.25) is 5.02 Å². The molecular formula is C20H22ClFN4O2. The van der Waals surface area contributed by atoms with Gasteiger partial charge in [-0.2, -0.15) is 0 Å². The van der Waals surface area contributed by atoms with E-state index >= 15 is 0 Å². The lowest BCUT2D eigenvalue weighted by Gasteiger charge is -2.06. The number of benzene rings is 1. The first-order chi connectivity index (χ1) is 13.4. The molecule has 148 valence electrons. The number of rotatable bonds is 7. The molecule has 2 aromatic heterocycles. The van der Waals surface area contributed by atoms with E-state index in [4.69, 9.17) is 11.6 Å². The molecule has 0 saturated heterocycles. The van der Waals surface area contributed by atoms with Gasteiger partial charge in [0, 0.05) is 29.9 Å². The van der Waals surface area contributed by atoms with Crippen LogP contribution in [0.1, 0.15) is 26.7 Å². The molecular weight excluding hydrogens is 383 g/mol. The first-order valence-corrected chi connectivity index (χ1v) is 9.64. The maximum absolute atomic E-state index is 13.7. The minimum absolute atomic E-state index is 0.0931. The van der Waals surface area contributed by atoms with Crippen molar-refractivity contribution in [1.29, 1.82) is 0 Å². The second-order valence-electron chi connectivity index (χ2n) is 6.54. The number of carbonyl (C=O) groups excluding carboxylic acids is 1. The van der Waals surface area contributed by atoms with E-state index in [1.165, 1.54) is 16.7 Å². The smallest absolute Gasteiger partial charge is 0.330 e. The lowest BCUT2D eigenvalue weighted by Crippen LogP contribution is -2.33. The van der Waals surface area contributed by atoms with Gasteiger partial charge in [-0.25, -0.2) is 14.2 Å². The Morgan fingerprint density at radius 1 is 1.18 bits per heavy atom. The number of hydrogen-bond acceptors (Lipinski definition) is 3. The van der Waals surface area contributed by atoms with Crippen LogP contribution in [0, 0.1) is 5.82 Å². The lowest BCUT2D eigenvalue weighted by atomic mass is 10.1. The van der Waals surface area contributed by atoms with Crippen molar-refractivity contribution >= 4 is 28.7 Å². The number of amides is 1. The average Bonchev–Trinajstić information content (AvgIpc) is 2.91. The monoisotopic (exact) mass is 404 g/mol. The summed E-state index contributed by atoms with van der Waals surface area (Å²) in [5, 5.41) is 3.09. The zero-order valence-corrected chi connectivity index (χ0v) is 16.6. The summed E-state index contributed by atoms with van der Waals surface area (Å²) in [4.78, 5) is 29.3. The highest BCUT2D eigenvalue weighted by Crippen LogP contribution is 2.26. The van der Waals surface area contributed by atoms with Crippen LogP contribution in [0.15, 0.2) is 35.3 Å². The predicted molar refractivity (Wildman–Crippen MR) is 108 cm³/mol. The summed E-state index contributed by atoms with van der Waals surface area (Å²) in [6, 6.07) is 6.00. The van der Waals surface area contributed by atoms with Crippen LogP contribution in [-0.4, -0.2) is 26.6 Å². The van der Waals surface area contributed by atoms with Gasteiger partial charge in [-0.15, -0.1) is 0 Å². The van der Waals surface area contributed by atoms with Gasteiger partial charge in [-0.3, -0.25) is 13.9 Å². The van der Waals surface area contributed by atoms with Crippen molar-refractivity contribution in [2.24, 2.45) is 0 Å². The van der Waals surface area contributed by atoms with E-state index in [1.807, 2.05) is 13.8 Å². The van der Waals surface area contributed by atoms with Gasteiger partial charge < -0.3 is 5.32 Å². The Bertz CT molecular complexity index is 1050. The zero-order valence-electron chi connectivity index (χ0n) is 15.8. The molecule has 0 aliphatic rings. The van der Waals surface area contributed by atoms with E-state index in [0.717, 1.165) is 12.8 Å². The third-order valence-electron chi connectivity index (χ3n) is 4.52. The number of imidazole rings is 1. The molecule has 0 fully saturated rings. The SMILES string of the molecule is CCCCNC(=O)Cn1c(=O)n(CC)c2cc(-c3cc(F)cc(Cl)c3)cnc21. The molecule has 0 spiro atoms. The molecule has 1 amide bonds. The Morgan fingerprint density at radius 3 is 2.64 bits per heavy atom. The average molecular weight is 405 g/mol. The van der Waals surface area contributed by atoms with E-state index in [9.17, 15) is 14.0 Å². The molecule has 0 saturated carbocycles. The van der Waals surface area contributed by atoms with Crippen LogP contribution in [0.5, 0.6) is 0 Å². The zero-order chi connectivity index (χ0) is 20.3. The summed E-state index contributed by atoms with van der Waals surface area (Å²) in [6.45, 7) is 4.80. The first kappa shape index (κ1) is 20.1. The quantitative estimate of drug-likeness (QED) is 0.612. The standard InChI is InChI=1S/C20H22ClFN4O2/c1-3-5-6-23-18(27)12-26-19-17(25(4-2)20(26)28)9-14(11-24-19)13-7-15(21)10-16(22)8-13/h7-11H,3-6,12H2,1-2H3,(H,23,27). The summed E-state index contributed by atoms with van der Waals surface area (Å²) in [5.74, 6) is -0.676. The van der Waals surface area contributed by atoms with Crippen LogP contribution >= 0.6 is 11.6 Å².